The van der Waals surface area contributed by atoms with E-state index in [0.717, 1.165) is 18.5 Å². The van der Waals surface area contributed by atoms with Gasteiger partial charge in [-0.1, -0.05) is 65.5 Å². The summed E-state index contributed by atoms with van der Waals surface area (Å²) in [4.78, 5) is 0. The van der Waals surface area contributed by atoms with Gasteiger partial charge in [0.1, 0.15) is 0 Å². The fourth-order valence-corrected chi connectivity index (χ4v) is 3.25. The first kappa shape index (κ1) is 16.4. The fraction of sp³-hybridized carbons (Fsp3) is 0.333. The van der Waals surface area contributed by atoms with Gasteiger partial charge in [0.25, 0.3) is 0 Å². The zero-order chi connectivity index (χ0) is 15.4. The zero-order valence-electron chi connectivity index (χ0n) is 12.7. The van der Waals surface area contributed by atoms with E-state index in [1.165, 1.54) is 16.7 Å². The van der Waals surface area contributed by atoms with Crippen LogP contribution in [0.2, 0.25) is 10.0 Å². The van der Waals surface area contributed by atoms with Crippen LogP contribution in [0.1, 0.15) is 41.6 Å². The number of hydrogen-bond donors (Lipinski definition) is 1. The van der Waals surface area contributed by atoms with E-state index in [2.05, 4.69) is 44.3 Å². The van der Waals surface area contributed by atoms with Crippen molar-refractivity contribution in [1.29, 1.82) is 0 Å². The van der Waals surface area contributed by atoms with Crippen molar-refractivity contribution >= 4 is 23.2 Å². The van der Waals surface area contributed by atoms with E-state index in [9.17, 15) is 0 Å². The van der Waals surface area contributed by atoms with Crippen LogP contribution in [0, 0.1) is 13.8 Å². The van der Waals surface area contributed by atoms with Crippen LogP contribution < -0.4 is 5.32 Å². The summed E-state index contributed by atoms with van der Waals surface area (Å²) in [5.41, 5.74) is 4.66. The molecular formula is C18H21Cl2N. The summed E-state index contributed by atoms with van der Waals surface area (Å²) in [6.45, 7) is 7.29. The van der Waals surface area contributed by atoms with Gasteiger partial charge in [-0.15, -0.1) is 0 Å². The van der Waals surface area contributed by atoms with E-state index in [1.807, 2.05) is 18.2 Å². The van der Waals surface area contributed by atoms with Gasteiger partial charge in [0.2, 0.25) is 0 Å². The molecule has 0 aliphatic rings. The molecule has 2 aromatic rings. The lowest BCUT2D eigenvalue weighted by atomic mass is 9.95. The highest BCUT2D eigenvalue weighted by Crippen LogP contribution is 2.34. The maximum absolute atomic E-state index is 6.41. The molecule has 0 aliphatic heterocycles. The standard InChI is InChI=1S/C18H21Cl2N/c1-4-8-21-18(14-10-12(2)9-13(3)11-14)17-15(19)6-5-7-16(17)20/h5-7,9-11,18,21H,4,8H2,1-3H3. The highest BCUT2D eigenvalue weighted by atomic mass is 35.5. The van der Waals surface area contributed by atoms with Gasteiger partial charge in [0.15, 0.2) is 0 Å². The first-order valence-corrected chi connectivity index (χ1v) is 8.04. The SMILES string of the molecule is CCCNC(c1cc(C)cc(C)c1)c1c(Cl)cccc1Cl. The summed E-state index contributed by atoms with van der Waals surface area (Å²) in [6, 6.07) is 12.3. The van der Waals surface area contributed by atoms with E-state index < -0.39 is 0 Å². The zero-order valence-corrected chi connectivity index (χ0v) is 14.2. The van der Waals surface area contributed by atoms with Crippen LogP contribution in [0.15, 0.2) is 36.4 Å². The molecule has 0 bridgehead atoms. The molecule has 0 spiro atoms. The lowest BCUT2D eigenvalue weighted by molar-refractivity contribution is 0.598. The Balaban J connectivity index is 2.52. The predicted molar refractivity (Wildman–Crippen MR) is 92.5 cm³/mol. The molecular weight excluding hydrogens is 301 g/mol. The Morgan fingerprint density at radius 1 is 1.00 bits per heavy atom. The molecule has 0 saturated heterocycles. The lowest BCUT2D eigenvalue weighted by Gasteiger charge is -2.23. The Kier molecular flexibility index (Phi) is 5.69. The minimum absolute atomic E-state index is 0.0183. The van der Waals surface area contributed by atoms with Gasteiger partial charge in [0, 0.05) is 15.6 Å². The van der Waals surface area contributed by atoms with Gasteiger partial charge < -0.3 is 5.32 Å². The normalized spacial score (nSPS) is 12.4. The molecule has 0 aromatic heterocycles. The van der Waals surface area contributed by atoms with Gasteiger partial charge in [-0.3, -0.25) is 0 Å². The Bertz CT molecular complexity index is 582. The van der Waals surface area contributed by atoms with Crippen LogP contribution >= 0.6 is 23.2 Å². The highest BCUT2D eigenvalue weighted by Gasteiger charge is 2.19. The monoisotopic (exact) mass is 321 g/mol. The summed E-state index contributed by atoms with van der Waals surface area (Å²) < 4.78 is 0. The maximum atomic E-state index is 6.41. The second kappa shape index (κ2) is 7.31. The predicted octanol–water partition coefficient (Wildman–Crippen LogP) is 5.70. The van der Waals surface area contributed by atoms with Crippen molar-refractivity contribution in [2.24, 2.45) is 0 Å². The molecule has 1 N–H and O–H groups in total. The second-order valence-corrected chi connectivity index (χ2v) is 6.26. The van der Waals surface area contributed by atoms with E-state index in [-0.39, 0.29) is 6.04 Å². The molecule has 0 heterocycles. The Morgan fingerprint density at radius 3 is 2.10 bits per heavy atom. The number of rotatable bonds is 5. The number of hydrogen-bond acceptors (Lipinski definition) is 1. The van der Waals surface area contributed by atoms with Crippen LogP contribution in [0.4, 0.5) is 0 Å². The number of benzene rings is 2. The molecule has 3 heteroatoms. The maximum Gasteiger partial charge on any atom is 0.0606 e. The molecule has 21 heavy (non-hydrogen) atoms. The molecule has 0 saturated carbocycles. The summed E-state index contributed by atoms with van der Waals surface area (Å²) in [5.74, 6) is 0. The van der Waals surface area contributed by atoms with Crippen molar-refractivity contribution < 1.29 is 0 Å². The molecule has 0 fully saturated rings. The molecule has 1 unspecified atom stereocenters. The molecule has 1 nitrogen and oxygen atoms in total. The van der Waals surface area contributed by atoms with Crippen molar-refractivity contribution in [2.75, 3.05) is 6.54 Å². The first-order valence-electron chi connectivity index (χ1n) is 7.28. The Morgan fingerprint density at radius 2 is 1.57 bits per heavy atom. The van der Waals surface area contributed by atoms with Crippen molar-refractivity contribution in [3.8, 4) is 0 Å². The Labute approximate surface area is 137 Å². The average Bonchev–Trinajstić information content (AvgIpc) is 2.41. The summed E-state index contributed by atoms with van der Waals surface area (Å²) >= 11 is 12.8. The summed E-state index contributed by atoms with van der Waals surface area (Å²) in [5, 5.41) is 4.98. The quantitative estimate of drug-likeness (QED) is 0.744. The number of halogens is 2. The van der Waals surface area contributed by atoms with Crippen molar-refractivity contribution in [3.63, 3.8) is 0 Å². The smallest absolute Gasteiger partial charge is 0.0606 e. The Hall–Kier alpha value is -1.02. The topological polar surface area (TPSA) is 12.0 Å². The van der Waals surface area contributed by atoms with Gasteiger partial charge in [-0.2, -0.15) is 0 Å². The molecule has 0 aliphatic carbocycles. The lowest BCUT2D eigenvalue weighted by Crippen LogP contribution is -2.24. The van der Waals surface area contributed by atoms with Crippen LogP contribution in [0.25, 0.3) is 0 Å². The molecule has 112 valence electrons. The summed E-state index contributed by atoms with van der Waals surface area (Å²) in [6.07, 6.45) is 1.06. The highest BCUT2D eigenvalue weighted by molar-refractivity contribution is 6.36. The number of aryl methyl sites for hydroxylation is 2. The third-order valence-corrected chi connectivity index (χ3v) is 4.12. The largest absolute Gasteiger partial charge is 0.306 e. The third-order valence-electron chi connectivity index (χ3n) is 3.46. The van der Waals surface area contributed by atoms with Crippen molar-refractivity contribution in [3.05, 3.63) is 68.7 Å². The molecule has 2 aromatic carbocycles. The molecule has 1 atom stereocenters. The van der Waals surface area contributed by atoms with E-state index in [1.54, 1.807) is 0 Å². The summed E-state index contributed by atoms with van der Waals surface area (Å²) in [7, 11) is 0. The first-order chi connectivity index (χ1) is 10.0. The third kappa shape index (κ3) is 4.00. The minimum atomic E-state index is 0.0183. The van der Waals surface area contributed by atoms with E-state index >= 15 is 0 Å². The van der Waals surface area contributed by atoms with Gasteiger partial charge in [0.05, 0.1) is 6.04 Å². The van der Waals surface area contributed by atoms with Gasteiger partial charge >= 0.3 is 0 Å². The number of nitrogens with one attached hydrogen (secondary N) is 1. The van der Waals surface area contributed by atoms with E-state index in [4.69, 9.17) is 23.2 Å². The van der Waals surface area contributed by atoms with Crippen LogP contribution in [-0.2, 0) is 0 Å². The molecule has 0 radical (unpaired) electrons. The van der Waals surface area contributed by atoms with Crippen LogP contribution in [0.3, 0.4) is 0 Å². The van der Waals surface area contributed by atoms with Crippen molar-refractivity contribution in [2.45, 2.75) is 33.2 Å². The van der Waals surface area contributed by atoms with Crippen LogP contribution in [0.5, 0.6) is 0 Å². The molecule has 2 rings (SSSR count). The average molecular weight is 322 g/mol. The van der Waals surface area contributed by atoms with E-state index in [0.29, 0.717) is 10.0 Å². The van der Waals surface area contributed by atoms with Gasteiger partial charge in [-0.05, 0) is 44.5 Å². The minimum Gasteiger partial charge on any atom is -0.306 e. The second-order valence-electron chi connectivity index (χ2n) is 5.44. The van der Waals surface area contributed by atoms with Crippen LogP contribution in [-0.4, -0.2) is 6.54 Å². The van der Waals surface area contributed by atoms with Gasteiger partial charge in [-0.25, -0.2) is 0 Å². The van der Waals surface area contributed by atoms with Crippen molar-refractivity contribution in [1.82, 2.24) is 5.32 Å². The fourth-order valence-electron chi connectivity index (χ4n) is 2.64. The molecule has 0 amide bonds.